The molecule has 0 spiro atoms. The van der Waals surface area contributed by atoms with Gasteiger partial charge in [0.25, 0.3) is 10.0 Å². The number of anilines is 1. The Labute approximate surface area is 278 Å². The molecule has 4 rings (SSSR count). The molecular weight excluding hydrogens is 614 g/mol. The molecule has 0 heterocycles. The highest BCUT2D eigenvalue weighted by atomic mass is 32.2. The lowest BCUT2D eigenvalue weighted by Crippen LogP contribution is -2.53. The first-order valence-electron chi connectivity index (χ1n) is 15.6. The number of amides is 2. The lowest BCUT2D eigenvalue weighted by atomic mass is 10.0. The minimum absolute atomic E-state index is 0.0382. The van der Waals surface area contributed by atoms with Gasteiger partial charge in [0, 0.05) is 25.6 Å². The Morgan fingerprint density at radius 2 is 1.45 bits per heavy atom. The van der Waals surface area contributed by atoms with Gasteiger partial charge in [0.1, 0.15) is 24.1 Å². The SMILES string of the molecule is CCCCNC(=O)[C@H](Cc1ccccc1)N(Cc1cccc(OC)c1)C(=O)CN(c1cccc(OC)c1)S(=O)(=O)c1ccc(C)cc1. The summed E-state index contributed by atoms with van der Waals surface area (Å²) in [6.07, 6.45) is 1.91. The molecule has 1 atom stereocenters. The van der Waals surface area contributed by atoms with Crippen molar-refractivity contribution in [3.8, 4) is 11.5 Å². The second-order valence-electron chi connectivity index (χ2n) is 11.2. The number of aryl methyl sites for hydroxylation is 1. The molecule has 9 nitrogen and oxygen atoms in total. The number of methoxy groups -OCH3 is 2. The molecule has 4 aromatic rings. The number of sulfonamides is 1. The molecule has 0 aromatic heterocycles. The lowest BCUT2D eigenvalue weighted by molar-refractivity contribution is -0.140. The van der Waals surface area contributed by atoms with Gasteiger partial charge in [-0.25, -0.2) is 8.42 Å². The van der Waals surface area contributed by atoms with Crippen LogP contribution in [0.25, 0.3) is 0 Å². The van der Waals surface area contributed by atoms with Crippen LogP contribution >= 0.6 is 0 Å². The van der Waals surface area contributed by atoms with Gasteiger partial charge in [0.2, 0.25) is 11.8 Å². The minimum atomic E-state index is -4.22. The zero-order valence-corrected chi connectivity index (χ0v) is 28.2. The van der Waals surface area contributed by atoms with E-state index in [1.807, 2.05) is 56.3 Å². The number of ether oxygens (including phenoxy) is 2. The smallest absolute Gasteiger partial charge is 0.264 e. The van der Waals surface area contributed by atoms with Crippen LogP contribution in [0.4, 0.5) is 5.69 Å². The second kappa shape index (κ2) is 16.6. The Balaban J connectivity index is 1.81. The van der Waals surface area contributed by atoms with Crippen molar-refractivity contribution in [2.45, 2.75) is 50.6 Å². The summed E-state index contributed by atoms with van der Waals surface area (Å²) in [4.78, 5) is 30.0. The summed E-state index contributed by atoms with van der Waals surface area (Å²) in [7, 11) is -1.17. The maximum Gasteiger partial charge on any atom is 0.264 e. The Morgan fingerprint density at radius 3 is 2.11 bits per heavy atom. The average molecular weight is 658 g/mol. The Morgan fingerprint density at radius 1 is 0.809 bits per heavy atom. The Kier molecular flexibility index (Phi) is 12.4. The van der Waals surface area contributed by atoms with Gasteiger partial charge in [-0.2, -0.15) is 0 Å². The highest BCUT2D eigenvalue weighted by Crippen LogP contribution is 2.28. The van der Waals surface area contributed by atoms with Crippen LogP contribution in [0.2, 0.25) is 0 Å². The fourth-order valence-electron chi connectivity index (χ4n) is 5.16. The number of nitrogens with one attached hydrogen (secondary N) is 1. The third kappa shape index (κ3) is 9.36. The molecule has 0 aliphatic rings. The van der Waals surface area contributed by atoms with Crippen molar-refractivity contribution in [1.82, 2.24) is 10.2 Å². The number of benzene rings is 4. The van der Waals surface area contributed by atoms with Gasteiger partial charge in [-0.3, -0.25) is 13.9 Å². The van der Waals surface area contributed by atoms with Gasteiger partial charge in [0.05, 0.1) is 24.8 Å². The van der Waals surface area contributed by atoms with Crippen molar-refractivity contribution < 1.29 is 27.5 Å². The van der Waals surface area contributed by atoms with Crippen LogP contribution < -0.4 is 19.1 Å². The Hall–Kier alpha value is -4.83. The largest absolute Gasteiger partial charge is 0.497 e. The van der Waals surface area contributed by atoms with E-state index in [4.69, 9.17) is 9.47 Å². The highest BCUT2D eigenvalue weighted by molar-refractivity contribution is 7.92. The normalized spacial score (nSPS) is 11.7. The van der Waals surface area contributed by atoms with Crippen molar-refractivity contribution >= 4 is 27.5 Å². The molecule has 0 bridgehead atoms. The average Bonchev–Trinajstić information content (AvgIpc) is 3.09. The van der Waals surface area contributed by atoms with Crippen molar-refractivity contribution in [2.75, 3.05) is 31.6 Å². The zero-order chi connectivity index (χ0) is 33.8. The van der Waals surface area contributed by atoms with Gasteiger partial charge in [-0.1, -0.05) is 79.6 Å². The number of nitrogens with zero attached hydrogens (tertiary/aromatic N) is 2. The first kappa shape index (κ1) is 35.0. The van der Waals surface area contributed by atoms with Crippen LogP contribution in [0.5, 0.6) is 11.5 Å². The predicted octanol–water partition coefficient (Wildman–Crippen LogP) is 5.76. The molecule has 0 radical (unpaired) electrons. The molecule has 0 saturated heterocycles. The fraction of sp³-hybridized carbons (Fsp3) is 0.297. The lowest BCUT2D eigenvalue weighted by Gasteiger charge is -2.34. The molecule has 1 N–H and O–H groups in total. The van der Waals surface area contributed by atoms with E-state index in [1.165, 1.54) is 24.1 Å². The summed E-state index contributed by atoms with van der Waals surface area (Å²) >= 11 is 0. The van der Waals surface area contributed by atoms with Crippen molar-refractivity contribution in [3.05, 3.63) is 120 Å². The van der Waals surface area contributed by atoms with E-state index in [0.717, 1.165) is 33.8 Å². The molecule has 0 unspecified atom stereocenters. The van der Waals surface area contributed by atoms with Crippen LogP contribution in [0, 0.1) is 6.92 Å². The topological polar surface area (TPSA) is 105 Å². The summed E-state index contributed by atoms with van der Waals surface area (Å²) < 4.78 is 40.4. The molecular formula is C37H43N3O6S. The van der Waals surface area contributed by atoms with Crippen LogP contribution in [-0.4, -0.2) is 58.5 Å². The number of hydrogen-bond donors (Lipinski definition) is 1. The molecule has 4 aromatic carbocycles. The fourth-order valence-corrected chi connectivity index (χ4v) is 6.57. The van der Waals surface area contributed by atoms with Crippen LogP contribution in [0.15, 0.2) is 108 Å². The first-order chi connectivity index (χ1) is 22.7. The molecule has 248 valence electrons. The summed E-state index contributed by atoms with van der Waals surface area (Å²) in [5.74, 6) is 0.178. The monoisotopic (exact) mass is 657 g/mol. The number of carbonyl (C=O) groups excluding carboxylic acids is 2. The first-order valence-corrected chi connectivity index (χ1v) is 17.1. The van der Waals surface area contributed by atoms with Gasteiger partial charge >= 0.3 is 0 Å². The van der Waals surface area contributed by atoms with Crippen molar-refractivity contribution in [1.29, 1.82) is 0 Å². The summed E-state index contributed by atoms with van der Waals surface area (Å²) in [6, 6.07) is 28.8. The van der Waals surface area contributed by atoms with E-state index in [-0.39, 0.29) is 29.5 Å². The molecule has 0 fully saturated rings. The van der Waals surface area contributed by atoms with Gasteiger partial charge in [0.15, 0.2) is 0 Å². The number of unbranched alkanes of at least 4 members (excludes halogenated alkanes) is 1. The van der Waals surface area contributed by atoms with Crippen LogP contribution in [0.1, 0.15) is 36.5 Å². The van der Waals surface area contributed by atoms with E-state index in [1.54, 1.807) is 55.6 Å². The third-order valence-electron chi connectivity index (χ3n) is 7.82. The van der Waals surface area contributed by atoms with E-state index < -0.39 is 28.5 Å². The van der Waals surface area contributed by atoms with Crippen molar-refractivity contribution in [2.24, 2.45) is 0 Å². The molecule has 10 heteroatoms. The van der Waals surface area contributed by atoms with E-state index in [9.17, 15) is 18.0 Å². The van der Waals surface area contributed by atoms with Crippen LogP contribution in [0.3, 0.4) is 0 Å². The molecule has 0 saturated carbocycles. The van der Waals surface area contributed by atoms with Gasteiger partial charge in [-0.15, -0.1) is 0 Å². The predicted molar refractivity (Wildman–Crippen MR) is 184 cm³/mol. The minimum Gasteiger partial charge on any atom is -0.497 e. The zero-order valence-electron chi connectivity index (χ0n) is 27.4. The summed E-state index contributed by atoms with van der Waals surface area (Å²) in [6.45, 7) is 3.86. The molecule has 47 heavy (non-hydrogen) atoms. The summed E-state index contributed by atoms with van der Waals surface area (Å²) in [5.41, 5.74) is 2.75. The maximum atomic E-state index is 14.6. The van der Waals surface area contributed by atoms with Crippen molar-refractivity contribution in [3.63, 3.8) is 0 Å². The molecule has 0 aliphatic heterocycles. The van der Waals surface area contributed by atoms with E-state index in [2.05, 4.69) is 5.32 Å². The second-order valence-corrected chi connectivity index (χ2v) is 13.1. The molecule has 2 amide bonds. The quantitative estimate of drug-likeness (QED) is 0.154. The van der Waals surface area contributed by atoms with Gasteiger partial charge in [-0.05, 0) is 60.9 Å². The number of rotatable bonds is 16. The van der Waals surface area contributed by atoms with Gasteiger partial charge < -0.3 is 19.7 Å². The highest BCUT2D eigenvalue weighted by Gasteiger charge is 2.34. The molecule has 0 aliphatic carbocycles. The third-order valence-corrected chi connectivity index (χ3v) is 9.60. The maximum absolute atomic E-state index is 14.6. The number of carbonyl (C=O) groups is 2. The summed E-state index contributed by atoms with van der Waals surface area (Å²) in [5, 5.41) is 3.00. The van der Waals surface area contributed by atoms with E-state index >= 15 is 0 Å². The Bertz CT molecular complexity index is 1730. The van der Waals surface area contributed by atoms with Crippen LogP contribution in [-0.2, 0) is 32.6 Å². The number of hydrogen-bond acceptors (Lipinski definition) is 6. The standard InChI is InChI=1S/C37H43N3O6S/c1-5-6-22-38-37(42)35(24-29-12-8-7-9-13-29)39(26-30-14-10-16-32(23-30)45-3)36(41)27-40(31-15-11-17-33(25-31)46-4)47(43,44)34-20-18-28(2)19-21-34/h7-21,23,25,35H,5-6,22,24,26-27H2,1-4H3,(H,38,42)/t35-/m0/s1. The van der Waals surface area contributed by atoms with E-state index in [0.29, 0.717) is 18.0 Å².